The van der Waals surface area contributed by atoms with Crippen molar-refractivity contribution in [2.45, 2.75) is 39.2 Å². The van der Waals surface area contributed by atoms with Crippen molar-refractivity contribution in [3.63, 3.8) is 0 Å². The van der Waals surface area contributed by atoms with Gasteiger partial charge in [0.1, 0.15) is 5.82 Å². The maximum atomic E-state index is 14.3. The molecule has 1 unspecified atom stereocenters. The Bertz CT molecular complexity index is 562. The van der Waals surface area contributed by atoms with Gasteiger partial charge in [0.25, 0.3) is 0 Å². The minimum absolute atomic E-state index is 0.108. The average Bonchev–Trinajstić information content (AvgIpc) is 3.04. The van der Waals surface area contributed by atoms with E-state index in [9.17, 15) is 9.18 Å². The van der Waals surface area contributed by atoms with Crippen LogP contribution in [0.5, 0.6) is 0 Å². The third kappa shape index (κ3) is 4.55. The van der Waals surface area contributed by atoms with E-state index in [0.717, 1.165) is 32.4 Å². The monoisotopic (exact) mass is 338 g/mol. The van der Waals surface area contributed by atoms with Crippen LogP contribution in [0.2, 0.25) is 5.02 Å². The smallest absolute Gasteiger partial charge is 0.246 e. The lowest BCUT2D eigenvalue weighted by Crippen LogP contribution is -2.37. The molecule has 2 rings (SSSR count). The van der Waals surface area contributed by atoms with E-state index in [1.807, 2.05) is 13.0 Å². The molecule has 1 aromatic rings. The molecule has 3 nitrogen and oxygen atoms in total. The molecule has 5 heteroatoms. The number of benzene rings is 1. The van der Waals surface area contributed by atoms with Gasteiger partial charge in [0.05, 0.1) is 6.04 Å². The van der Waals surface area contributed by atoms with E-state index >= 15 is 0 Å². The third-order valence-corrected chi connectivity index (χ3v) is 4.57. The molecule has 1 aliphatic heterocycles. The fourth-order valence-corrected chi connectivity index (χ4v) is 3.31. The number of hydrogen-bond acceptors (Lipinski definition) is 2. The van der Waals surface area contributed by atoms with Crippen LogP contribution in [0.3, 0.4) is 0 Å². The second-order valence-electron chi connectivity index (χ2n) is 5.90. The van der Waals surface area contributed by atoms with Gasteiger partial charge in [0, 0.05) is 22.7 Å². The van der Waals surface area contributed by atoms with Gasteiger partial charge in [-0.1, -0.05) is 30.7 Å². The van der Waals surface area contributed by atoms with Crippen LogP contribution in [0.4, 0.5) is 4.39 Å². The molecule has 23 heavy (non-hydrogen) atoms. The Kier molecular flexibility index (Phi) is 6.60. The maximum absolute atomic E-state index is 14.3. The molecular weight excluding hydrogens is 315 g/mol. The lowest BCUT2D eigenvalue weighted by atomic mass is 10.0. The summed E-state index contributed by atoms with van der Waals surface area (Å²) in [5.41, 5.74) is 1.17. The summed E-state index contributed by atoms with van der Waals surface area (Å²) in [5, 5.41) is 3.34. The van der Waals surface area contributed by atoms with Gasteiger partial charge in [0.2, 0.25) is 5.91 Å². The first-order valence-corrected chi connectivity index (χ1v) is 8.55. The minimum atomic E-state index is -0.315. The summed E-state index contributed by atoms with van der Waals surface area (Å²) in [7, 11) is 0. The van der Waals surface area contributed by atoms with Crippen LogP contribution >= 0.6 is 11.6 Å². The van der Waals surface area contributed by atoms with E-state index in [1.165, 1.54) is 6.07 Å². The zero-order valence-electron chi connectivity index (χ0n) is 13.7. The van der Waals surface area contributed by atoms with Gasteiger partial charge in [0.15, 0.2) is 0 Å². The number of nitrogens with one attached hydrogen (secondary N) is 1. The Morgan fingerprint density at radius 3 is 2.74 bits per heavy atom. The number of allylic oxidation sites excluding steroid dienone is 1. The highest BCUT2D eigenvalue weighted by molar-refractivity contribution is 6.31. The van der Waals surface area contributed by atoms with E-state index < -0.39 is 0 Å². The summed E-state index contributed by atoms with van der Waals surface area (Å²) in [6.45, 7) is 5.93. The average molecular weight is 339 g/mol. The largest absolute Gasteiger partial charge is 0.350 e. The summed E-state index contributed by atoms with van der Waals surface area (Å²) in [4.78, 5) is 14.3. The minimum Gasteiger partial charge on any atom is -0.350 e. The van der Waals surface area contributed by atoms with Crippen molar-refractivity contribution < 1.29 is 9.18 Å². The molecule has 1 amide bonds. The molecular formula is C18H24ClFN2O. The number of likely N-dealkylation sites (tertiary alicyclic amines) is 1. The molecule has 1 aromatic carbocycles. The highest BCUT2D eigenvalue weighted by atomic mass is 35.5. The first-order chi connectivity index (χ1) is 11.0. The Labute approximate surface area is 142 Å². The molecule has 1 aliphatic rings. The number of rotatable bonds is 6. The Hall–Kier alpha value is -1.39. The number of hydrogen-bond donors (Lipinski definition) is 1. The second-order valence-corrected chi connectivity index (χ2v) is 6.31. The number of nitrogens with zero attached hydrogens (tertiary/aromatic N) is 1. The normalized spacial score (nSPS) is 17.3. The quantitative estimate of drug-likeness (QED) is 0.792. The van der Waals surface area contributed by atoms with Gasteiger partial charge in [-0.15, -0.1) is 0 Å². The van der Waals surface area contributed by atoms with Crippen LogP contribution in [0.25, 0.3) is 0 Å². The summed E-state index contributed by atoms with van der Waals surface area (Å²) in [6, 6.07) is 4.50. The Morgan fingerprint density at radius 2 is 2.13 bits per heavy atom. The molecule has 0 aliphatic carbocycles. The number of carbonyl (C=O) groups is 1. The number of amides is 1. The predicted octanol–water partition coefficient (Wildman–Crippen LogP) is 4.09. The third-order valence-electron chi connectivity index (χ3n) is 4.24. The molecule has 1 fully saturated rings. The van der Waals surface area contributed by atoms with Crippen molar-refractivity contribution in [1.29, 1.82) is 0 Å². The fraction of sp³-hybridized carbons (Fsp3) is 0.500. The van der Waals surface area contributed by atoms with Gasteiger partial charge < -0.3 is 5.32 Å². The number of halogens is 2. The summed E-state index contributed by atoms with van der Waals surface area (Å²) >= 11 is 6.24. The Morgan fingerprint density at radius 1 is 1.43 bits per heavy atom. The highest BCUT2D eigenvalue weighted by Crippen LogP contribution is 2.31. The van der Waals surface area contributed by atoms with Crippen molar-refractivity contribution in [2.75, 3.05) is 19.6 Å². The Balaban J connectivity index is 2.19. The van der Waals surface area contributed by atoms with Gasteiger partial charge in [-0.2, -0.15) is 0 Å². The van der Waals surface area contributed by atoms with Crippen LogP contribution in [0.15, 0.2) is 29.8 Å². The van der Waals surface area contributed by atoms with Crippen LogP contribution in [0.1, 0.15) is 44.7 Å². The van der Waals surface area contributed by atoms with Crippen molar-refractivity contribution in [1.82, 2.24) is 10.2 Å². The zero-order valence-corrected chi connectivity index (χ0v) is 14.5. The van der Waals surface area contributed by atoms with Gasteiger partial charge in [-0.3, -0.25) is 9.69 Å². The van der Waals surface area contributed by atoms with E-state index in [0.29, 0.717) is 22.7 Å². The summed E-state index contributed by atoms with van der Waals surface area (Å²) in [6.07, 6.45) is 4.88. The predicted molar refractivity (Wildman–Crippen MR) is 92.0 cm³/mol. The lowest BCUT2D eigenvalue weighted by molar-refractivity contribution is -0.117. The fourth-order valence-electron chi connectivity index (χ4n) is 3.02. The molecule has 1 saturated heterocycles. The second kappa shape index (κ2) is 8.46. The first kappa shape index (κ1) is 18.0. The van der Waals surface area contributed by atoms with E-state index in [1.54, 1.807) is 19.1 Å². The number of carbonyl (C=O) groups excluding carboxylic acids is 1. The summed E-state index contributed by atoms with van der Waals surface area (Å²) < 4.78 is 14.3. The van der Waals surface area contributed by atoms with Gasteiger partial charge in [-0.05, 0) is 51.4 Å². The van der Waals surface area contributed by atoms with Crippen molar-refractivity contribution in [3.05, 3.63) is 46.3 Å². The van der Waals surface area contributed by atoms with Crippen LogP contribution in [0, 0.1) is 5.82 Å². The molecule has 1 heterocycles. The standard InChI is InChI=1S/C18H24ClFN2O/c1-3-7-13(2)18(23)21-12-16(22-10-4-5-11-22)17-14(19)8-6-9-15(17)20/h6-9,16H,3-5,10-12H2,1-2H3,(H,21,23). The highest BCUT2D eigenvalue weighted by Gasteiger charge is 2.28. The van der Waals surface area contributed by atoms with Crippen LogP contribution in [-0.4, -0.2) is 30.4 Å². The van der Waals surface area contributed by atoms with E-state index in [-0.39, 0.29) is 17.8 Å². The van der Waals surface area contributed by atoms with Crippen LogP contribution in [-0.2, 0) is 4.79 Å². The molecule has 0 aromatic heterocycles. The molecule has 0 saturated carbocycles. The maximum Gasteiger partial charge on any atom is 0.246 e. The SMILES string of the molecule is CCC=C(C)C(=O)NCC(c1c(F)cccc1Cl)N1CCCC1. The molecule has 0 bridgehead atoms. The van der Waals surface area contributed by atoms with Gasteiger partial charge >= 0.3 is 0 Å². The molecule has 126 valence electrons. The van der Waals surface area contributed by atoms with Crippen molar-refractivity contribution in [2.24, 2.45) is 0 Å². The molecule has 1 N–H and O–H groups in total. The zero-order chi connectivity index (χ0) is 16.8. The van der Waals surface area contributed by atoms with Gasteiger partial charge in [-0.25, -0.2) is 4.39 Å². The lowest BCUT2D eigenvalue weighted by Gasteiger charge is -2.29. The van der Waals surface area contributed by atoms with E-state index in [4.69, 9.17) is 11.6 Å². The molecule has 0 radical (unpaired) electrons. The van der Waals surface area contributed by atoms with E-state index in [2.05, 4.69) is 10.2 Å². The molecule has 0 spiro atoms. The van der Waals surface area contributed by atoms with Crippen LogP contribution < -0.4 is 5.32 Å². The first-order valence-electron chi connectivity index (χ1n) is 8.17. The molecule has 1 atom stereocenters. The van der Waals surface area contributed by atoms with Crippen molar-refractivity contribution >= 4 is 17.5 Å². The summed E-state index contributed by atoms with van der Waals surface area (Å²) in [5.74, 6) is -0.423. The van der Waals surface area contributed by atoms with Crippen molar-refractivity contribution in [3.8, 4) is 0 Å². The topological polar surface area (TPSA) is 32.3 Å².